The van der Waals surface area contributed by atoms with Crippen LogP contribution in [0.4, 0.5) is 5.82 Å². The molecule has 1 amide bonds. The van der Waals surface area contributed by atoms with Crippen molar-refractivity contribution < 1.29 is 9.53 Å². The van der Waals surface area contributed by atoms with E-state index in [1.54, 1.807) is 23.6 Å². The Morgan fingerprint density at radius 1 is 1.07 bits per heavy atom. The summed E-state index contributed by atoms with van der Waals surface area (Å²) in [6, 6.07) is 15.0. The molecule has 0 saturated heterocycles. The maximum Gasteiger partial charge on any atom is 0.277 e. The van der Waals surface area contributed by atoms with Gasteiger partial charge >= 0.3 is 0 Å². The Hall–Kier alpha value is -3.81. The minimum Gasteiger partial charge on any atom is -0.477 e. The zero-order chi connectivity index (χ0) is 20.4. The van der Waals surface area contributed by atoms with E-state index >= 15 is 0 Å². The first-order valence-corrected chi connectivity index (χ1v) is 9.27. The van der Waals surface area contributed by atoms with Crippen LogP contribution in [-0.4, -0.2) is 37.3 Å². The summed E-state index contributed by atoms with van der Waals surface area (Å²) >= 11 is 0. The highest BCUT2D eigenvalue weighted by Crippen LogP contribution is 2.22. The zero-order valence-electron chi connectivity index (χ0n) is 16.4. The molecule has 0 atom stereocenters. The van der Waals surface area contributed by atoms with Crippen LogP contribution in [-0.2, 0) is 0 Å². The van der Waals surface area contributed by atoms with Gasteiger partial charge in [-0.2, -0.15) is 5.10 Å². The van der Waals surface area contributed by atoms with E-state index in [2.05, 4.69) is 25.6 Å². The molecule has 0 fully saturated rings. The van der Waals surface area contributed by atoms with Gasteiger partial charge in [0.1, 0.15) is 0 Å². The highest BCUT2D eigenvalue weighted by atomic mass is 16.5. The lowest BCUT2D eigenvalue weighted by Gasteiger charge is -2.08. The van der Waals surface area contributed by atoms with Gasteiger partial charge in [-0.1, -0.05) is 24.3 Å². The zero-order valence-corrected chi connectivity index (χ0v) is 16.4. The molecular formula is C21H20N6O2. The summed E-state index contributed by atoms with van der Waals surface area (Å²) in [7, 11) is 0. The molecule has 4 rings (SSSR count). The van der Waals surface area contributed by atoms with Gasteiger partial charge in [0.2, 0.25) is 5.88 Å². The maximum absolute atomic E-state index is 12.9. The van der Waals surface area contributed by atoms with E-state index < -0.39 is 0 Å². The highest BCUT2D eigenvalue weighted by Gasteiger charge is 2.19. The number of aryl methyl sites for hydroxylation is 2. The predicted molar refractivity (Wildman–Crippen MR) is 109 cm³/mol. The molecule has 1 aromatic carbocycles. The minimum atomic E-state index is -0.358. The Morgan fingerprint density at radius 3 is 2.62 bits per heavy atom. The molecule has 0 radical (unpaired) electrons. The van der Waals surface area contributed by atoms with Gasteiger partial charge in [0.15, 0.2) is 17.2 Å². The first-order valence-electron chi connectivity index (χ1n) is 9.27. The van der Waals surface area contributed by atoms with Gasteiger partial charge in [0, 0.05) is 11.6 Å². The van der Waals surface area contributed by atoms with Crippen molar-refractivity contribution in [2.45, 2.75) is 20.8 Å². The lowest BCUT2D eigenvalue weighted by molar-refractivity contribution is 0.101. The monoisotopic (exact) mass is 388 g/mol. The lowest BCUT2D eigenvalue weighted by Crippen LogP contribution is -2.18. The second kappa shape index (κ2) is 7.67. The van der Waals surface area contributed by atoms with Crippen molar-refractivity contribution in [3.05, 3.63) is 65.5 Å². The van der Waals surface area contributed by atoms with Crippen LogP contribution < -0.4 is 10.1 Å². The normalized spacial score (nSPS) is 10.9. The van der Waals surface area contributed by atoms with Crippen molar-refractivity contribution in [1.82, 2.24) is 24.8 Å². The van der Waals surface area contributed by atoms with E-state index in [-0.39, 0.29) is 5.91 Å². The highest BCUT2D eigenvalue weighted by molar-refractivity contribution is 6.03. The van der Waals surface area contributed by atoms with Crippen molar-refractivity contribution in [3.63, 3.8) is 0 Å². The summed E-state index contributed by atoms with van der Waals surface area (Å²) in [6.07, 6.45) is 0. The van der Waals surface area contributed by atoms with Crippen LogP contribution in [0.2, 0.25) is 0 Å². The summed E-state index contributed by atoms with van der Waals surface area (Å²) < 4.78 is 6.83. The molecule has 1 N–H and O–H groups in total. The number of fused-ring (bicyclic) bond motifs is 1. The molecule has 0 spiro atoms. The number of carbonyl (C=O) groups excluding carboxylic acids is 1. The van der Waals surface area contributed by atoms with E-state index in [1.165, 1.54) is 0 Å². The second-order valence-corrected chi connectivity index (χ2v) is 6.49. The van der Waals surface area contributed by atoms with E-state index in [0.717, 1.165) is 16.8 Å². The molecule has 3 heterocycles. The number of carbonyl (C=O) groups is 1. The van der Waals surface area contributed by atoms with Crippen molar-refractivity contribution >= 4 is 17.4 Å². The lowest BCUT2D eigenvalue weighted by atomic mass is 10.1. The standard InChI is InChI=1S/C21H20N6O2/c1-4-29-19-12-10-17(24-25-19)23-21(28)20-14(3)22-18-11-9-16(26-27(18)20)15-8-6-5-7-13(15)2/h5-12H,4H2,1-3H3,(H,23,24,28). The van der Waals surface area contributed by atoms with Gasteiger partial charge in [-0.15, -0.1) is 10.2 Å². The van der Waals surface area contributed by atoms with E-state index in [4.69, 9.17) is 4.74 Å². The number of hydrogen-bond acceptors (Lipinski definition) is 6. The molecule has 0 unspecified atom stereocenters. The third-order valence-electron chi connectivity index (χ3n) is 4.46. The van der Waals surface area contributed by atoms with Gasteiger partial charge in [-0.25, -0.2) is 9.50 Å². The maximum atomic E-state index is 12.9. The summed E-state index contributed by atoms with van der Waals surface area (Å²) in [4.78, 5) is 17.4. The third kappa shape index (κ3) is 3.64. The smallest absolute Gasteiger partial charge is 0.277 e. The average molecular weight is 388 g/mol. The van der Waals surface area contributed by atoms with Crippen LogP contribution in [0.15, 0.2) is 48.5 Å². The Kier molecular flexibility index (Phi) is 4.90. The van der Waals surface area contributed by atoms with Gasteiger partial charge in [-0.05, 0) is 44.5 Å². The van der Waals surface area contributed by atoms with Crippen molar-refractivity contribution in [1.29, 1.82) is 0 Å². The Balaban J connectivity index is 1.69. The van der Waals surface area contributed by atoms with Crippen LogP contribution in [0.25, 0.3) is 16.9 Å². The number of nitrogens with zero attached hydrogens (tertiary/aromatic N) is 5. The molecular weight excluding hydrogens is 368 g/mol. The van der Waals surface area contributed by atoms with Gasteiger partial charge < -0.3 is 10.1 Å². The number of nitrogens with one attached hydrogen (secondary N) is 1. The van der Waals surface area contributed by atoms with Gasteiger partial charge in [0.05, 0.1) is 18.0 Å². The van der Waals surface area contributed by atoms with Crippen molar-refractivity contribution in [2.24, 2.45) is 0 Å². The molecule has 0 bridgehead atoms. The quantitative estimate of drug-likeness (QED) is 0.563. The van der Waals surface area contributed by atoms with E-state index in [0.29, 0.717) is 35.3 Å². The molecule has 8 nitrogen and oxygen atoms in total. The molecule has 29 heavy (non-hydrogen) atoms. The topological polar surface area (TPSA) is 94.3 Å². The van der Waals surface area contributed by atoms with Crippen LogP contribution >= 0.6 is 0 Å². The number of benzene rings is 1. The molecule has 0 aliphatic rings. The molecule has 0 aliphatic carbocycles. The largest absolute Gasteiger partial charge is 0.477 e. The molecule has 0 saturated carbocycles. The Labute approximate surface area is 167 Å². The fourth-order valence-corrected chi connectivity index (χ4v) is 3.10. The molecule has 0 aliphatic heterocycles. The Morgan fingerprint density at radius 2 is 1.90 bits per heavy atom. The van der Waals surface area contributed by atoms with E-state index in [9.17, 15) is 4.79 Å². The van der Waals surface area contributed by atoms with Crippen LogP contribution in [0.3, 0.4) is 0 Å². The molecule has 3 aromatic heterocycles. The predicted octanol–water partition coefficient (Wildman–Crippen LogP) is 3.45. The molecule has 4 aromatic rings. The first-order chi connectivity index (χ1) is 14.1. The number of ether oxygens (including phenoxy) is 1. The number of imidazole rings is 1. The Bertz CT molecular complexity index is 1180. The summed E-state index contributed by atoms with van der Waals surface area (Å²) in [5.41, 5.74) is 4.41. The number of anilines is 1. The number of aromatic nitrogens is 5. The van der Waals surface area contributed by atoms with Crippen LogP contribution in [0.5, 0.6) is 5.88 Å². The van der Waals surface area contributed by atoms with Crippen molar-refractivity contribution in [2.75, 3.05) is 11.9 Å². The van der Waals surface area contributed by atoms with Crippen LogP contribution in [0.1, 0.15) is 28.7 Å². The summed E-state index contributed by atoms with van der Waals surface area (Å²) in [6.45, 7) is 6.17. The molecule has 8 heteroatoms. The fraction of sp³-hybridized carbons (Fsp3) is 0.190. The average Bonchev–Trinajstić information content (AvgIpc) is 3.05. The molecule has 146 valence electrons. The number of hydrogen-bond donors (Lipinski definition) is 1. The number of amides is 1. The minimum absolute atomic E-state index is 0.322. The third-order valence-corrected chi connectivity index (χ3v) is 4.46. The second-order valence-electron chi connectivity index (χ2n) is 6.49. The van der Waals surface area contributed by atoms with Crippen LogP contribution in [0, 0.1) is 13.8 Å². The van der Waals surface area contributed by atoms with Crippen molar-refractivity contribution in [3.8, 4) is 17.1 Å². The SMILES string of the molecule is CCOc1ccc(NC(=O)c2c(C)nc3ccc(-c4ccccc4C)nn23)nn1. The van der Waals surface area contributed by atoms with Gasteiger partial charge in [-0.3, -0.25) is 4.79 Å². The fourth-order valence-electron chi connectivity index (χ4n) is 3.10. The summed E-state index contributed by atoms with van der Waals surface area (Å²) in [5.74, 6) is 0.367. The van der Waals surface area contributed by atoms with Gasteiger partial charge in [0.25, 0.3) is 5.91 Å². The van der Waals surface area contributed by atoms with E-state index in [1.807, 2.05) is 50.2 Å². The first kappa shape index (κ1) is 18.5. The summed E-state index contributed by atoms with van der Waals surface area (Å²) in [5, 5.41) is 15.3. The number of rotatable bonds is 5.